The molecule has 0 N–H and O–H groups in total. The van der Waals surface area contributed by atoms with E-state index in [-0.39, 0.29) is 5.24 Å². The van der Waals surface area contributed by atoms with Gasteiger partial charge < -0.3 is 5.01 Å². The summed E-state index contributed by atoms with van der Waals surface area (Å²) in [6, 6.07) is 6.07. The second-order valence-electron chi connectivity index (χ2n) is 4.29. The largest absolute Gasteiger partial charge is 0.308 e. The predicted octanol–water partition coefficient (Wildman–Crippen LogP) is 2.64. The summed E-state index contributed by atoms with van der Waals surface area (Å²) in [5.74, 6) is 0. The van der Waals surface area contributed by atoms with E-state index in [1.165, 1.54) is 0 Å². The van der Waals surface area contributed by atoms with Crippen molar-refractivity contribution in [2.45, 2.75) is 26.4 Å². The maximum Gasteiger partial charge on any atom is 0.252 e. The molecule has 1 aromatic rings. The topological polar surface area (TPSA) is 23.6 Å². The van der Waals surface area contributed by atoms with Crippen LogP contribution in [0.15, 0.2) is 18.2 Å². The molecule has 1 aromatic carbocycles. The lowest BCUT2D eigenvalue weighted by molar-refractivity contribution is 0.107. The van der Waals surface area contributed by atoms with Crippen molar-refractivity contribution in [3.8, 4) is 0 Å². The Morgan fingerprint density at radius 2 is 2.12 bits per heavy atom. The maximum atomic E-state index is 11.3. The molecule has 16 heavy (non-hydrogen) atoms. The average molecular weight is 239 g/mol. The minimum Gasteiger partial charge on any atom is -0.308 e. The molecule has 2 rings (SSSR count). The third kappa shape index (κ3) is 1.70. The normalized spacial score (nSPS) is 15.7. The Labute approximate surface area is 101 Å². The first-order valence-electron chi connectivity index (χ1n) is 5.34. The predicted molar refractivity (Wildman–Crippen MR) is 65.7 cm³/mol. The van der Waals surface area contributed by atoms with Gasteiger partial charge in [-0.15, -0.1) is 0 Å². The lowest BCUT2D eigenvalue weighted by Crippen LogP contribution is -2.39. The molecule has 0 amide bonds. The number of hydrogen-bond acceptors (Lipinski definition) is 3. The van der Waals surface area contributed by atoms with Gasteiger partial charge in [0.2, 0.25) is 0 Å². The molecule has 1 aliphatic rings. The van der Waals surface area contributed by atoms with Gasteiger partial charge in [-0.05, 0) is 37.6 Å². The average Bonchev–Trinajstić information content (AvgIpc) is 2.56. The molecule has 0 fully saturated rings. The van der Waals surface area contributed by atoms with Gasteiger partial charge in [-0.3, -0.25) is 4.79 Å². The molecule has 0 bridgehead atoms. The van der Waals surface area contributed by atoms with E-state index in [0.717, 1.165) is 17.8 Å². The van der Waals surface area contributed by atoms with Crippen LogP contribution >= 0.6 is 11.6 Å². The number of fused-ring (bicyclic) bond motifs is 1. The molecule has 0 unspecified atom stereocenters. The zero-order valence-electron chi connectivity index (χ0n) is 9.70. The van der Waals surface area contributed by atoms with Crippen LogP contribution in [0.4, 0.5) is 5.69 Å². The van der Waals surface area contributed by atoms with Crippen molar-refractivity contribution in [3.05, 3.63) is 29.3 Å². The van der Waals surface area contributed by atoms with Crippen LogP contribution in [0.25, 0.3) is 0 Å². The maximum absolute atomic E-state index is 11.3. The van der Waals surface area contributed by atoms with Crippen molar-refractivity contribution in [3.63, 3.8) is 0 Å². The highest BCUT2D eigenvalue weighted by molar-refractivity contribution is 6.68. The number of anilines is 1. The fourth-order valence-electron chi connectivity index (χ4n) is 2.16. The zero-order chi connectivity index (χ0) is 11.9. The Balaban J connectivity index is 2.46. The number of hydrogen-bond donors (Lipinski definition) is 0. The molecule has 1 aliphatic heterocycles. The second-order valence-corrected chi connectivity index (χ2v) is 4.64. The summed E-state index contributed by atoms with van der Waals surface area (Å²) < 4.78 is 0. The van der Waals surface area contributed by atoms with Gasteiger partial charge in [0.15, 0.2) is 0 Å². The molecular formula is C12H15ClN2O. The monoisotopic (exact) mass is 238 g/mol. The van der Waals surface area contributed by atoms with Crippen LogP contribution in [0.5, 0.6) is 0 Å². The van der Waals surface area contributed by atoms with E-state index in [4.69, 9.17) is 11.6 Å². The fraction of sp³-hybridized carbons (Fsp3) is 0.417. The molecule has 0 saturated heterocycles. The Kier molecular flexibility index (Phi) is 2.91. The number of hydrazine groups is 1. The minimum atomic E-state index is -0.379. The van der Waals surface area contributed by atoms with E-state index in [9.17, 15) is 4.79 Å². The van der Waals surface area contributed by atoms with Gasteiger partial charge in [0.1, 0.15) is 0 Å². The SMILES string of the molecule is CC(C)N1Cc2c(C(=O)Cl)cccc2N1C. The van der Waals surface area contributed by atoms with Crippen molar-refractivity contribution < 1.29 is 4.79 Å². The number of benzene rings is 1. The van der Waals surface area contributed by atoms with Gasteiger partial charge in [0.05, 0.1) is 5.69 Å². The summed E-state index contributed by atoms with van der Waals surface area (Å²) in [6.07, 6.45) is 0. The molecule has 0 radical (unpaired) electrons. The Bertz CT molecular complexity index is 431. The molecule has 1 heterocycles. The molecule has 3 nitrogen and oxygen atoms in total. The van der Waals surface area contributed by atoms with Crippen molar-refractivity contribution in [2.75, 3.05) is 12.1 Å². The van der Waals surface area contributed by atoms with Crippen molar-refractivity contribution in [2.24, 2.45) is 0 Å². The number of rotatable bonds is 2. The summed E-state index contributed by atoms with van der Waals surface area (Å²) in [5.41, 5.74) is 2.72. The van der Waals surface area contributed by atoms with Crippen molar-refractivity contribution >= 4 is 22.5 Å². The standard InChI is InChI=1S/C12H15ClN2O/c1-8(2)15-7-10-9(12(13)16)5-4-6-11(10)14(15)3/h4-6,8H,7H2,1-3H3. The molecule has 86 valence electrons. The van der Waals surface area contributed by atoms with E-state index in [1.54, 1.807) is 6.07 Å². The number of halogens is 1. The van der Waals surface area contributed by atoms with Gasteiger partial charge in [-0.25, -0.2) is 5.01 Å². The highest BCUT2D eigenvalue weighted by Gasteiger charge is 2.29. The molecule has 0 atom stereocenters. The van der Waals surface area contributed by atoms with Crippen molar-refractivity contribution in [1.82, 2.24) is 5.01 Å². The lowest BCUT2D eigenvalue weighted by atomic mass is 10.1. The van der Waals surface area contributed by atoms with Crippen molar-refractivity contribution in [1.29, 1.82) is 0 Å². The Hall–Kier alpha value is -1.06. The van der Waals surface area contributed by atoms with Crippen LogP contribution < -0.4 is 5.01 Å². The fourth-order valence-corrected chi connectivity index (χ4v) is 2.34. The van der Waals surface area contributed by atoms with Gasteiger partial charge >= 0.3 is 0 Å². The van der Waals surface area contributed by atoms with Crippen LogP contribution in [0.2, 0.25) is 0 Å². The number of carbonyl (C=O) groups excluding carboxylic acids is 1. The summed E-state index contributed by atoms with van der Waals surface area (Å²) >= 11 is 5.59. The van der Waals surface area contributed by atoms with Crippen LogP contribution in [-0.2, 0) is 6.54 Å². The minimum absolute atomic E-state index is 0.379. The Morgan fingerprint density at radius 3 is 2.69 bits per heavy atom. The van der Waals surface area contributed by atoms with E-state index < -0.39 is 0 Å². The molecule has 0 saturated carbocycles. The summed E-state index contributed by atoms with van der Waals surface area (Å²) in [6.45, 7) is 5.01. The van der Waals surface area contributed by atoms with Gasteiger partial charge in [0.25, 0.3) is 5.24 Å². The summed E-state index contributed by atoms with van der Waals surface area (Å²) in [5, 5.41) is 3.91. The highest BCUT2D eigenvalue weighted by atomic mass is 35.5. The number of nitrogens with zero attached hydrogens (tertiary/aromatic N) is 2. The zero-order valence-corrected chi connectivity index (χ0v) is 10.5. The van der Waals surface area contributed by atoms with E-state index in [0.29, 0.717) is 11.6 Å². The summed E-state index contributed by atoms with van der Waals surface area (Å²) in [4.78, 5) is 11.3. The van der Waals surface area contributed by atoms with E-state index in [1.807, 2.05) is 19.2 Å². The molecule has 0 aromatic heterocycles. The first-order chi connectivity index (χ1) is 7.52. The number of carbonyl (C=O) groups is 1. The molecule has 0 spiro atoms. The van der Waals surface area contributed by atoms with Crippen LogP contribution in [0, 0.1) is 0 Å². The lowest BCUT2D eigenvalue weighted by Gasteiger charge is -2.29. The molecular weight excluding hydrogens is 224 g/mol. The van der Waals surface area contributed by atoms with Gasteiger partial charge in [0, 0.05) is 30.8 Å². The first-order valence-corrected chi connectivity index (χ1v) is 5.72. The van der Waals surface area contributed by atoms with E-state index >= 15 is 0 Å². The van der Waals surface area contributed by atoms with Gasteiger partial charge in [-0.1, -0.05) is 6.07 Å². The molecule has 4 heteroatoms. The Morgan fingerprint density at radius 1 is 1.44 bits per heavy atom. The smallest absolute Gasteiger partial charge is 0.252 e. The van der Waals surface area contributed by atoms with Crippen LogP contribution in [-0.4, -0.2) is 23.3 Å². The van der Waals surface area contributed by atoms with E-state index in [2.05, 4.69) is 23.9 Å². The third-order valence-corrected chi connectivity index (χ3v) is 3.22. The first kappa shape index (κ1) is 11.4. The second kappa shape index (κ2) is 4.07. The van der Waals surface area contributed by atoms with Crippen LogP contribution in [0.3, 0.4) is 0 Å². The van der Waals surface area contributed by atoms with Crippen LogP contribution in [0.1, 0.15) is 29.8 Å². The molecule has 0 aliphatic carbocycles. The quantitative estimate of drug-likeness (QED) is 0.740. The summed E-state index contributed by atoms with van der Waals surface area (Å²) in [7, 11) is 2.01. The third-order valence-electron chi connectivity index (χ3n) is 3.01. The highest BCUT2D eigenvalue weighted by Crippen LogP contribution is 2.34. The van der Waals surface area contributed by atoms with Gasteiger partial charge in [-0.2, -0.15) is 0 Å².